The van der Waals surface area contributed by atoms with Crippen molar-refractivity contribution in [3.05, 3.63) is 64.7 Å². The number of para-hydroxylation sites is 2. The lowest BCUT2D eigenvalue weighted by atomic mass is 10.2. The van der Waals surface area contributed by atoms with Gasteiger partial charge in [0, 0.05) is 12.1 Å². The molecule has 1 N–H and O–H groups in total. The van der Waals surface area contributed by atoms with E-state index in [4.69, 9.17) is 0 Å². The fourth-order valence-electron chi connectivity index (χ4n) is 2.41. The normalized spacial score (nSPS) is 12.2. The first kappa shape index (κ1) is 20.4. The summed E-state index contributed by atoms with van der Waals surface area (Å²) < 4.78 is 27.3. The fraction of sp³-hybridized carbons (Fsp3) is 0.278. The number of carbonyl (C=O) groups excluding carboxylic acids is 1. The maximum atomic E-state index is 13.2. The van der Waals surface area contributed by atoms with Crippen molar-refractivity contribution < 1.29 is 18.1 Å². The second-order valence-electron chi connectivity index (χ2n) is 5.95. The Labute approximate surface area is 158 Å². The molecule has 0 spiro atoms. The molecule has 8 nitrogen and oxygen atoms in total. The van der Waals surface area contributed by atoms with E-state index < -0.39 is 38.0 Å². The van der Waals surface area contributed by atoms with Crippen LogP contribution in [-0.4, -0.2) is 31.8 Å². The topological polar surface area (TPSA) is 110 Å². The maximum Gasteiger partial charge on any atom is 0.289 e. The van der Waals surface area contributed by atoms with E-state index in [0.717, 1.165) is 16.4 Å². The Balaban J connectivity index is 2.50. The number of nitrogens with zero attached hydrogens (tertiary/aromatic N) is 2. The predicted octanol–water partition coefficient (Wildman–Crippen LogP) is 2.70. The highest BCUT2D eigenvalue weighted by Crippen LogP contribution is 2.29. The van der Waals surface area contributed by atoms with Crippen molar-refractivity contribution in [3.8, 4) is 0 Å². The number of anilines is 1. The Morgan fingerprint density at radius 3 is 2.33 bits per heavy atom. The van der Waals surface area contributed by atoms with Crippen LogP contribution in [0.3, 0.4) is 0 Å². The number of rotatable bonds is 8. The van der Waals surface area contributed by atoms with Crippen molar-refractivity contribution in [2.75, 3.05) is 10.8 Å². The monoisotopic (exact) mass is 391 g/mol. The van der Waals surface area contributed by atoms with E-state index in [9.17, 15) is 23.3 Å². The van der Waals surface area contributed by atoms with Gasteiger partial charge in [0.1, 0.15) is 6.54 Å². The van der Waals surface area contributed by atoms with Crippen molar-refractivity contribution in [1.29, 1.82) is 0 Å². The molecule has 0 aliphatic heterocycles. The first-order valence-electron chi connectivity index (χ1n) is 8.38. The van der Waals surface area contributed by atoms with E-state index in [1.807, 2.05) is 6.92 Å². The van der Waals surface area contributed by atoms with Crippen LogP contribution >= 0.6 is 0 Å². The summed E-state index contributed by atoms with van der Waals surface area (Å²) in [6.07, 6.45) is 0.688. The molecule has 0 fully saturated rings. The molecule has 0 aliphatic rings. The SMILES string of the molecule is CCC(C)NC(=O)CN(c1ccccc1)S(=O)(=O)c1ccccc1[N+](=O)[O-]. The molecule has 1 atom stereocenters. The molecule has 2 rings (SSSR count). The van der Waals surface area contributed by atoms with Gasteiger partial charge >= 0.3 is 0 Å². The van der Waals surface area contributed by atoms with Crippen molar-refractivity contribution in [2.45, 2.75) is 31.2 Å². The zero-order valence-electron chi connectivity index (χ0n) is 15.0. The van der Waals surface area contributed by atoms with Crippen molar-refractivity contribution >= 4 is 27.3 Å². The molecule has 2 aromatic rings. The molecular formula is C18H21N3O5S. The fourth-order valence-corrected chi connectivity index (χ4v) is 3.99. The zero-order valence-corrected chi connectivity index (χ0v) is 15.8. The van der Waals surface area contributed by atoms with Crippen LogP contribution in [-0.2, 0) is 14.8 Å². The largest absolute Gasteiger partial charge is 0.352 e. The third kappa shape index (κ3) is 4.82. The lowest BCUT2D eigenvalue weighted by Gasteiger charge is -2.24. The van der Waals surface area contributed by atoms with Crippen LogP contribution in [0.2, 0.25) is 0 Å². The van der Waals surface area contributed by atoms with Crippen LogP contribution in [0.1, 0.15) is 20.3 Å². The van der Waals surface area contributed by atoms with Crippen LogP contribution in [0.15, 0.2) is 59.5 Å². The third-order valence-electron chi connectivity index (χ3n) is 3.98. The second kappa shape index (κ2) is 8.63. The van der Waals surface area contributed by atoms with Gasteiger partial charge in [-0.3, -0.25) is 19.2 Å². The Kier molecular flexibility index (Phi) is 6.51. The minimum absolute atomic E-state index is 0.121. The maximum absolute atomic E-state index is 13.2. The van der Waals surface area contributed by atoms with Crippen LogP contribution in [0, 0.1) is 10.1 Å². The molecule has 0 heterocycles. The third-order valence-corrected chi connectivity index (χ3v) is 5.80. The van der Waals surface area contributed by atoms with Gasteiger partial charge in [0.05, 0.1) is 10.6 Å². The molecule has 0 radical (unpaired) electrons. The number of nitro groups is 1. The van der Waals surface area contributed by atoms with Gasteiger partial charge in [-0.15, -0.1) is 0 Å². The number of nitrogens with one attached hydrogen (secondary N) is 1. The summed E-state index contributed by atoms with van der Waals surface area (Å²) in [4.78, 5) is 22.4. The summed E-state index contributed by atoms with van der Waals surface area (Å²) >= 11 is 0. The van der Waals surface area contributed by atoms with Gasteiger partial charge in [-0.05, 0) is 31.5 Å². The Hall–Kier alpha value is -2.94. The van der Waals surface area contributed by atoms with Gasteiger partial charge in [0.2, 0.25) is 5.91 Å². The lowest BCUT2D eigenvalue weighted by Crippen LogP contribution is -2.43. The molecule has 144 valence electrons. The summed E-state index contributed by atoms with van der Waals surface area (Å²) in [6.45, 7) is 3.22. The zero-order chi connectivity index (χ0) is 20.0. The minimum Gasteiger partial charge on any atom is -0.352 e. The molecule has 0 aliphatic carbocycles. The van der Waals surface area contributed by atoms with Gasteiger partial charge in [0.25, 0.3) is 15.7 Å². The number of benzene rings is 2. The summed E-state index contributed by atoms with van der Waals surface area (Å²) in [5.74, 6) is -0.490. The Morgan fingerprint density at radius 2 is 1.74 bits per heavy atom. The average Bonchev–Trinajstić information content (AvgIpc) is 2.66. The van der Waals surface area contributed by atoms with Gasteiger partial charge in [-0.2, -0.15) is 0 Å². The van der Waals surface area contributed by atoms with Crippen molar-refractivity contribution in [1.82, 2.24) is 5.32 Å². The van der Waals surface area contributed by atoms with E-state index >= 15 is 0 Å². The quantitative estimate of drug-likeness (QED) is 0.549. The van der Waals surface area contributed by atoms with Crippen LogP contribution < -0.4 is 9.62 Å². The highest BCUT2D eigenvalue weighted by Gasteiger charge is 2.33. The molecule has 0 aromatic heterocycles. The van der Waals surface area contributed by atoms with Crippen LogP contribution in [0.4, 0.5) is 11.4 Å². The number of nitro benzene ring substituents is 1. The molecule has 1 unspecified atom stereocenters. The summed E-state index contributed by atoms with van der Waals surface area (Å²) in [7, 11) is -4.34. The molecule has 0 saturated carbocycles. The van der Waals surface area contributed by atoms with Crippen molar-refractivity contribution in [3.63, 3.8) is 0 Å². The highest BCUT2D eigenvalue weighted by molar-refractivity contribution is 7.93. The van der Waals surface area contributed by atoms with Gasteiger partial charge < -0.3 is 5.32 Å². The van der Waals surface area contributed by atoms with Gasteiger partial charge in [-0.25, -0.2) is 8.42 Å². The van der Waals surface area contributed by atoms with E-state index in [-0.39, 0.29) is 11.7 Å². The molecule has 27 heavy (non-hydrogen) atoms. The molecule has 0 bridgehead atoms. The molecule has 0 saturated heterocycles. The average molecular weight is 391 g/mol. The highest BCUT2D eigenvalue weighted by atomic mass is 32.2. The summed E-state index contributed by atoms with van der Waals surface area (Å²) in [5, 5.41) is 14.0. The first-order chi connectivity index (χ1) is 12.8. The summed E-state index contributed by atoms with van der Waals surface area (Å²) in [5.41, 5.74) is -0.296. The molecule has 1 amide bonds. The number of hydrogen-bond acceptors (Lipinski definition) is 5. The molecule has 2 aromatic carbocycles. The summed E-state index contributed by atoms with van der Waals surface area (Å²) in [6, 6.07) is 13.0. The molecule has 9 heteroatoms. The lowest BCUT2D eigenvalue weighted by molar-refractivity contribution is -0.387. The first-order valence-corrected chi connectivity index (χ1v) is 9.82. The number of amides is 1. The molecular weight excluding hydrogens is 370 g/mol. The van der Waals surface area contributed by atoms with Gasteiger partial charge in [0.15, 0.2) is 4.90 Å². The van der Waals surface area contributed by atoms with E-state index in [1.165, 1.54) is 24.3 Å². The van der Waals surface area contributed by atoms with Crippen LogP contribution in [0.5, 0.6) is 0 Å². The number of carbonyl (C=O) groups is 1. The van der Waals surface area contributed by atoms with E-state index in [1.54, 1.807) is 25.1 Å². The Bertz CT molecular complexity index is 916. The van der Waals surface area contributed by atoms with E-state index in [2.05, 4.69) is 5.32 Å². The number of hydrogen-bond donors (Lipinski definition) is 1. The van der Waals surface area contributed by atoms with Gasteiger partial charge in [-0.1, -0.05) is 37.3 Å². The van der Waals surface area contributed by atoms with Crippen LogP contribution in [0.25, 0.3) is 0 Å². The predicted molar refractivity (Wildman–Crippen MR) is 102 cm³/mol. The standard InChI is InChI=1S/C18H21N3O5S/c1-3-14(2)19-18(22)13-20(15-9-5-4-6-10-15)27(25,26)17-12-8-7-11-16(17)21(23)24/h4-12,14H,3,13H2,1-2H3,(H,19,22). The second-order valence-corrected chi connectivity index (χ2v) is 7.78. The minimum atomic E-state index is -4.34. The Morgan fingerprint density at radius 1 is 1.15 bits per heavy atom. The van der Waals surface area contributed by atoms with E-state index in [0.29, 0.717) is 6.42 Å². The smallest absolute Gasteiger partial charge is 0.289 e. The van der Waals surface area contributed by atoms with Crippen molar-refractivity contribution in [2.24, 2.45) is 0 Å². The number of sulfonamides is 1.